The lowest BCUT2D eigenvalue weighted by Crippen LogP contribution is -2.54. The van der Waals surface area contributed by atoms with Crippen molar-refractivity contribution < 1.29 is 22.7 Å². The third-order valence-electron chi connectivity index (χ3n) is 5.77. The molecule has 1 aliphatic rings. The summed E-state index contributed by atoms with van der Waals surface area (Å²) < 4.78 is 47.5. The van der Waals surface area contributed by atoms with Gasteiger partial charge in [-0.1, -0.05) is 32.1 Å². The lowest BCUT2D eigenvalue weighted by Gasteiger charge is -2.40. The number of ether oxygens (including phenoxy) is 1. The lowest BCUT2D eigenvalue weighted by molar-refractivity contribution is -0.137. The molecular weight excluding hydrogens is 509 g/mol. The van der Waals surface area contributed by atoms with Crippen molar-refractivity contribution >= 4 is 22.2 Å². The van der Waals surface area contributed by atoms with E-state index in [1.165, 1.54) is 17.1 Å². The summed E-state index contributed by atoms with van der Waals surface area (Å²) in [6.45, 7) is 11.1. The minimum Gasteiger partial charge on any atom is -0.464 e. The van der Waals surface area contributed by atoms with Gasteiger partial charge in [-0.2, -0.15) is 18.3 Å². The van der Waals surface area contributed by atoms with Gasteiger partial charge >= 0.3 is 12.2 Å². The second-order valence-electron chi connectivity index (χ2n) is 9.76. The molecule has 0 aliphatic carbocycles. The number of piperazine rings is 1. The molecule has 3 aromatic heterocycles. The maximum atomic E-state index is 13.6. The molecule has 1 fully saturated rings. The predicted octanol–water partition coefficient (Wildman–Crippen LogP) is 3.64. The van der Waals surface area contributed by atoms with E-state index in [2.05, 4.69) is 25.0 Å². The van der Waals surface area contributed by atoms with Gasteiger partial charge in [-0.15, -0.1) is 0 Å². The largest absolute Gasteiger partial charge is 0.464 e. The van der Waals surface area contributed by atoms with Gasteiger partial charge in [0.05, 0.1) is 6.61 Å². The van der Waals surface area contributed by atoms with Crippen LogP contribution in [0.15, 0.2) is 18.7 Å². The van der Waals surface area contributed by atoms with Crippen LogP contribution in [-0.4, -0.2) is 72.8 Å². The quantitative estimate of drug-likeness (QED) is 0.469. The Morgan fingerprint density at radius 1 is 1.16 bits per heavy atom. The van der Waals surface area contributed by atoms with Crippen LogP contribution in [0.4, 0.5) is 18.2 Å². The Kier molecular flexibility index (Phi) is 7.40. The van der Waals surface area contributed by atoms with Crippen molar-refractivity contribution in [1.29, 1.82) is 0 Å². The highest BCUT2D eigenvalue weighted by atomic mass is 32.1. The minimum atomic E-state index is -4.59. The van der Waals surface area contributed by atoms with E-state index in [9.17, 15) is 18.0 Å². The maximum absolute atomic E-state index is 13.6. The summed E-state index contributed by atoms with van der Waals surface area (Å²) in [7, 11) is 0. The van der Waals surface area contributed by atoms with Crippen LogP contribution >= 0.6 is 11.3 Å². The number of hydrogen-bond acceptors (Lipinski definition) is 9. The summed E-state index contributed by atoms with van der Waals surface area (Å²) >= 11 is 0.579. The third-order valence-corrected chi connectivity index (χ3v) is 6.93. The van der Waals surface area contributed by atoms with Crippen LogP contribution in [0.3, 0.4) is 0 Å². The van der Waals surface area contributed by atoms with Gasteiger partial charge in [0.1, 0.15) is 23.6 Å². The first-order valence-electron chi connectivity index (χ1n) is 11.8. The molecular formula is C23H29F3N8O2S. The zero-order valence-electron chi connectivity index (χ0n) is 21.3. The molecule has 0 unspecified atom stereocenters. The first-order valence-corrected chi connectivity index (χ1v) is 12.7. The number of carbonyl (C=O) groups is 1. The molecule has 4 heterocycles. The normalized spacial score (nSPS) is 16.8. The van der Waals surface area contributed by atoms with E-state index in [4.69, 9.17) is 4.74 Å². The fraction of sp³-hybridized carbons (Fsp3) is 0.565. The molecule has 200 valence electrons. The van der Waals surface area contributed by atoms with Crippen molar-refractivity contribution in [3.05, 3.63) is 29.6 Å². The van der Waals surface area contributed by atoms with Crippen molar-refractivity contribution in [2.45, 2.75) is 58.8 Å². The Bertz CT molecular complexity index is 1240. The molecule has 1 atom stereocenters. The number of rotatable bonds is 6. The number of aromatic nitrogens is 6. The molecule has 37 heavy (non-hydrogen) atoms. The first-order chi connectivity index (χ1) is 17.4. The number of halogens is 3. The van der Waals surface area contributed by atoms with Gasteiger partial charge in [0.15, 0.2) is 5.82 Å². The number of carbonyl (C=O) groups excluding carboxylic acids is 1. The molecule has 1 aliphatic heterocycles. The highest BCUT2D eigenvalue weighted by Crippen LogP contribution is 2.43. The second-order valence-corrected chi connectivity index (χ2v) is 10.7. The van der Waals surface area contributed by atoms with E-state index in [0.717, 1.165) is 0 Å². The van der Waals surface area contributed by atoms with Crippen molar-refractivity contribution in [2.75, 3.05) is 31.1 Å². The van der Waals surface area contributed by atoms with Gasteiger partial charge in [-0.3, -0.25) is 4.79 Å². The summed E-state index contributed by atoms with van der Waals surface area (Å²) in [6, 6.07) is -0.102. The standard InChI is InChI=1S/C23H29F3N8O2S/c1-6-36-21-27-9-15(10-28-21)17-18(37-20(30-17)23(24,25)26)32-7-8-34(14(2)11-32)16(35)12-33-13-29-19(31-33)22(3,4)5/h9-10,13-14H,6-8,11-12H2,1-5H3/t14-/m1/s1. The number of hydrogen-bond donors (Lipinski definition) is 0. The van der Waals surface area contributed by atoms with Gasteiger partial charge in [0.25, 0.3) is 0 Å². The molecule has 10 nitrogen and oxygen atoms in total. The fourth-order valence-corrected chi connectivity index (χ4v) is 4.93. The number of amides is 1. The van der Waals surface area contributed by atoms with Crippen LogP contribution in [0.2, 0.25) is 0 Å². The summed E-state index contributed by atoms with van der Waals surface area (Å²) in [5.74, 6) is 0.521. The van der Waals surface area contributed by atoms with Crippen molar-refractivity contribution in [1.82, 2.24) is 34.6 Å². The van der Waals surface area contributed by atoms with Gasteiger partial charge in [0, 0.05) is 49.0 Å². The summed E-state index contributed by atoms with van der Waals surface area (Å²) in [4.78, 5) is 32.9. The van der Waals surface area contributed by atoms with E-state index in [1.807, 2.05) is 32.6 Å². The van der Waals surface area contributed by atoms with E-state index in [1.54, 1.807) is 18.2 Å². The molecule has 0 aromatic carbocycles. The van der Waals surface area contributed by atoms with Crippen LogP contribution in [0.1, 0.15) is 45.5 Å². The van der Waals surface area contributed by atoms with Gasteiger partial charge in [0.2, 0.25) is 10.9 Å². The van der Waals surface area contributed by atoms with Crippen LogP contribution in [0.5, 0.6) is 6.01 Å². The Labute approximate surface area is 216 Å². The Hall–Kier alpha value is -3.29. The molecule has 0 spiro atoms. The molecule has 1 amide bonds. The average molecular weight is 539 g/mol. The highest BCUT2D eigenvalue weighted by molar-refractivity contribution is 7.16. The van der Waals surface area contributed by atoms with Crippen molar-refractivity contribution in [2.24, 2.45) is 0 Å². The van der Waals surface area contributed by atoms with Gasteiger partial charge in [-0.25, -0.2) is 24.6 Å². The van der Waals surface area contributed by atoms with Gasteiger partial charge in [-0.05, 0) is 13.8 Å². The summed E-state index contributed by atoms with van der Waals surface area (Å²) in [5, 5.41) is 3.83. The molecule has 14 heteroatoms. The van der Waals surface area contributed by atoms with Crippen molar-refractivity contribution in [3.8, 4) is 17.3 Å². The number of alkyl halides is 3. The van der Waals surface area contributed by atoms with E-state index < -0.39 is 11.2 Å². The van der Waals surface area contributed by atoms with Crippen LogP contribution < -0.4 is 9.64 Å². The highest BCUT2D eigenvalue weighted by Gasteiger charge is 2.38. The van der Waals surface area contributed by atoms with Crippen LogP contribution in [0.25, 0.3) is 11.3 Å². The predicted molar refractivity (Wildman–Crippen MR) is 131 cm³/mol. The Morgan fingerprint density at radius 2 is 1.86 bits per heavy atom. The zero-order valence-corrected chi connectivity index (χ0v) is 22.1. The number of nitrogens with zero attached hydrogens (tertiary/aromatic N) is 8. The zero-order chi connectivity index (χ0) is 27.0. The van der Waals surface area contributed by atoms with E-state index >= 15 is 0 Å². The second kappa shape index (κ2) is 10.2. The SMILES string of the molecule is CCOc1ncc(-c2nc(C(F)(F)F)sc2N2CCN(C(=O)Cn3cnc(C(C)(C)C)n3)[C@H](C)C2)cn1. The number of anilines is 1. The molecule has 3 aromatic rings. The van der Waals surface area contributed by atoms with E-state index in [0.29, 0.717) is 54.0 Å². The topological polar surface area (TPSA) is 102 Å². The third kappa shape index (κ3) is 6.00. The smallest absolute Gasteiger partial charge is 0.443 e. The minimum absolute atomic E-state index is 0.0426. The molecule has 1 saturated heterocycles. The molecule has 0 saturated carbocycles. The van der Waals surface area contributed by atoms with Crippen LogP contribution in [0, 0.1) is 0 Å². The summed E-state index contributed by atoms with van der Waals surface area (Å²) in [5.41, 5.74) is 0.283. The van der Waals surface area contributed by atoms with E-state index in [-0.39, 0.29) is 35.6 Å². The lowest BCUT2D eigenvalue weighted by atomic mass is 9.96. The molecule has 0 bridgehead atoms. The number of thiazole rings is 1. The Morgan fingerprint density at radius 3 is 2.43 bits per heavy atom. The molecule has 4 rings (SSSR count). The maximum Gasteiger partial charge on any atom is 0.443 e. The van der Waals surface area contributed by atoms with Crippen molar-refractivity contribution in [3.63, 3.8) is 0 Å². The monoisotopic (exact) mass is 538 g/mol. The fourth-order valence-electron chi connectivity index (χ4n) is 3.93. The summed E-state index contributed by atoms with van der Waals surface area (Å²) in [6.07, 6.45) is -0.231. The average Bonchev–Trinajstić information content (AvgIpc) is 3.47. The molecule has 0 radical (unpaired) electrons. The Balaban J connectivity index is 1.52. The first kappa shape index (κ1) is 26.8. The van der Waals surface area contributed by atoms with Crippen LogP contribution in [-0.2, 0) is 22.9 Å². The van der Waals surface area contributed by atoms with Gasteiger partial charge < -0.3 is 14.5 Å². The molecule has 0 N–H and O–H groups in total.